The summed E-state index contributed by atoms with van der Waals surface area (Å²) in [6.07, 6.45) is 10.8. The fourth-order valence-electron chi connectivity index (χ4n) is 14.8. The van der Waals surface area contributed by atoms with Crippen LogP contribution >= 0.6 is 0 Å². The molecule has 1 saturated heterocycles. The number of anilines is 1. The topological polar surface area (TPSA) is 204 Å². The summed E-state index contributed by atoms with van der Waals surface area (Å²) in [7, 11) is 3.76. The number of methoxy groups -OCH3 is 1. The number of amides is 1. The molecule has 2 aromatic carbocycles. The van der Waals surface area contributed by atoms with Gasteiger partial charge >= 0.3 is 18.0 Å². The van der Waals surface area contributed by atoms with Crippen LogP contribution in [0.5, 0.6) is 5.75 Å². The SMILES string of the molecule is CC[C@@]1(OC(=O)N2CCN(CCCCCCN(C)c3ccc([C@H]4C[C@@]5(C)[C@@H](CC[C@]5(OC(C)=O)C(C)=O)[C@@H]5CCC6=CC(=O)CCC6=C54)cc3)CC2)C(=O)OCc2c1cc1n(c2=O)Cc2cc3cc(OC)ccc3nc2-1.O=CO. The number of esters is 2. The zero-order chi connectivity index (χ0) is 56.0. The first-order valence-electron chi connectivity index (χ1n) is 28.2. The van der Waals surface area contributed by atoms with Crippen LogP contribution in [-0.2, 0) is 56.9 Å². The van der Waals surface area contributed by atoms with E-state index in [1.54, 1.807) is 36.5 Å². The van der Waals surface area contributed by atoms with Crippen LogP contribution in [0.4, 0.5) is 10.5 Å². The minimum atomic E-state index is -1.77. The van der Waals surface area contributed by atoms with E-state index >= 15 is 0 Å². The van der Waals surface area contributed by atoms with Gasteiger partial charge in [-0.05, 0) is 148 Å². The second-order valence-corrected chi connectivity index (χ2v) is 22.9. The number of nitrogens with zero attached hydrogens (tertiary/aromatic N) is 5. The third-order valence-corrected chi connectivity index (χ3v) is 18.8. The number of carbonyl (C=O) groups is 6. The Morgan fingerprint density at radius 3 is 2.38 bits per heavy atom. The zero-order valence-corrected chi connectivity index (χ0v) is 46.4. The number of ketones is 2. The zero-order valence-electron chi connectivity index (χ0n) is 46.4. The monoisotopic (exact) mass is 1080 g/mol. The smallest absolute Gasteiger partial charge is 0.411 e. The molecule has 3 fully saturated rings. The fraction of sp³-hybridized carbons (Fsp3) is 0.516. The van der Waals surface area contributed by atoms with Gasteiger partial charge in [-0.25, -0.2) is 14.6 Å². The van der Waals surface area contributed by atoms with Crippen LogP contribution in [0.25, 0.3) is 22.3 Å². The summed E-state index contributed by atoms with van der Waals surface area (Å²) in [4.78, 5) is 100. The highest BCUT2D eigenvalue weighted by atomic mass is 16.6. The third-order valence-electron chi connectivity index (χ3n) is 18.8. The van der Waals surface area contributed by atoms with Crippen LogP contribution < -0.4 is 15.2 Å². The summed E-state index contributed by atoms with van der Waals surface area (Å²) < 4.78 is 25.0. The van der Waals surface area contributed by atoms with Gasteiger partial charge in [0.05, 0.1) is 36.1 Å². The lowest BCUT2D eigenvalue weighted by Gasteiger charge is -2.55. The summed E-state index contributed by atoms with van der Waals surface area (Å²) >= 11 is 0. The number of unbranched alkanes of at least 4 members (excludes halogenated alkanes) is 3. The maximum Gasteiger partial charge on any atom is 0.411 e. The first-order chi connectivity index (χ1) is 38.0. The Bertz CT molecular complexity index is 3230. The summed E-state index contributed by atoms with van der Waals surface area (Å²) in [6, 6.07) is 18.4. The van der Waals surface area contributed by atoms with E-state index in [4.69, 9.17) is 33.8 Å². The number of pyridine rings is 2. The average molecular weight is 1080 g/mol. The number of allylic oxidation sites excluding steroid dienone is 4. The number of benzene rings is 2. The van der Waals surface area contributed by atoms with Crippen LogP contribution in [0.1, 0.15) is 133 Å². The maximum atomic E-state index is 14.1. The molecule has 418 valence electrons. The summed E-state index contributed by atoms with van der Waals surface area (Å²) in [5.41, 5.74) is 6.17. The van der Waals surface area contributed by atoms with E-state index in [2.05, 4.69) is 48.0 Å². The van der Waals surface area contributed by atoms with Crippen LogP contribution in [0.3, 0.4) is 0 Å². The largest absolute Gasteiger partial charge is 0.497 e. The molecular formula is C62H73N5O12. The number of hydrogen-bond donors (Lipinski definition) is 1. The Hall–Kier alpha value is -7.14. The molecule has 11 rings (SSSR count). The minimum absolute atomic E-state index is 0.0520. The number of aromatic nitrogens is 2. The van der Waals surface area contributed by atoms with E-state index in [0.717, 1.165) is 86.6 Å². The van der Waals surface area contributed by atoms with E-state index in [1.165, 1.54) is 29.2 Å². The number of hydrogen-bond acceptors (Lipinski definition) is 14. The summed E-state index contributed by atoms with van der Waals surface area (Å²) in [6.45, 7) is 11.0. The third kappa shape index (κ3) is 9.83. The molecular weight excluding hydrogens is 1010 g/mol. The van der Waals surface area contributed by atoms with Crippen molar-refractivity contribution in [1.29, 1.82) is 0 Å². The number of fused-ring (bicyclic) bond motifs is 9. The number of carboxylic acid groups (broad SMARTS) is 1. The molecule has 2 saturated carbocycles. The van der Waals surface area contributed by atoms with Gasteiger partial charge in [-0.3, -0.25) is 28.9 Å². The van der Waals surface area contributed by atoms with E-state index in [9.17, 15) is 28.8 Å². The van der Waals surface area contributed by atoms with Gasteiger partial charge in [0.1, 0.15) is 12.4 Å². The summed E-state index contributed by atoms with van der Waals surface area (Å²) in [5.74, 6) is 0.310. The molecule has 6 atom stereocenters. The van der Waals surface area contributed by atoms with E-state index in [-0.39, 0.29) is 54.4 Å². The molecule has 0 bridgehead atoms. The molecule has 79 heavy (non-hydrogen) atoms. The quantitative estimate of drug-likeness (QED) is 0.0477. The number of rotatable bonds is 14. The predicted octanol–water partition coefficient (Wildman–Crippen LogP) is 9.04. The average Bonchev–Trinajstić information content (AvgIpc) is 3.63. The van der Waals surface area contributed by atoms with E-state index in [0.29, 0.717) is 80.3 Å². The number of piperazine rings is 1. The Kier molecular flexibility index (Phi) is 15.5. The van der Waals surface area contributed by atoms with Crippen LogP contribution in [0.15, 0.2) is 82.2 Å². The lowest BCUT2D eigenvalue weighted by Crippen LogP contribution is -2.57. The van der Waals surface area contributed by atoms with Gasteiger partial charge in [-0.2, -0.15) is 0 Å². The van der Waals surface area contributed by atoms with Gasteiger partial charge in [0.15, 0.2) is 17.2 Å². The molecule has 17 heteroatoms. The number of ether oxygens (including phenoxy) is 4. The molecule has 7 aliphatic rings. The van der Waals surface area contributed by atoms with Crippen molar-refractivity contribution in [3.8, 4) is 17.1 Å². The Morgan fingerprint density at radius 1 is 0.924 bits per heavy atom. The first kappa shape index (κ1) is 55.2. The second kappa shape index (κ2) is 22.2. The van der Waals surface area contributed by atoms with Crippen molar-refractivity contribution in [3.63, 3.8) is 0 Å². The molecule has 0 spiro atoms. The van der Waals surface area contributed by atoms with Crippen molar-refractivity contribution in [3.05, 3.63) is 110 Å². The van der Waals surface area contributed by atoms with Crippen molar-refractivity contribution in [1.82, 2.24) is 19.4 Å². The highest BCUT2D eigenvalue weighted by Gasteiger charge is 2.67. The lowest BCUT2D eigenvalue weighted by atomic mass is 9.50. The van der Waals surface area contributed by atoms with Crippen molar-refractivity contribution in [2.75, 3.05) is 58.3 Å². The molecule has 1 amide bonds. The standard InChI is InChI=1S/C61H71N5O10.CH2O2/c1-7-60(51-33-53-55-42(30-41-32-45(73-6)18-21-52(41)62-55)35-66(53)56(70)49(51)36-74-57(60)71)76-58(72)65-28-26-64(27-29-65)25-11-9-8-10-24-63(5)43-15-12-39(13-16-43)48-34-59(4)50(22-23-61(59,37(2)67)75-38(3)68)47-19-14-40-31-44(69)17-20-46(40)54(47)48;2-1-3/h12-13,15-16,18,21,30-33,47-48,50H,7-11,14,17,19-20,22-29,34-36H2,1-6H3;1H,(H,2,3)/t47-,48+,50-,59-,60-,61-;/m0./s1. The molecule has 0 unspecified atom stereocenters. The van der Waals surface area contributed by atoms with Crippen LogP contribution in [-0.4, -0.2) is 120 Å². The van der Waals surface area contributed by atoms with Gasteiger partial charge in [0, 0.05) is 86.6 Å². The molecule has 1 N–H and O–H groups in total. The predicted molar refractivity (Wildman–Crippen MR) is 296 cm³/mol. The normalized spacial score (nSPS) is 25.7. The van der Waals surface area contributed by atoms with Gasteiger partial charge < -0.3 is 38.4 Å². The lowest BCUT2D eigenvalue weighted by molar-refractivity contribution is -0.182. The van der Waals surface area contributed by atoms with Crippen molar-refractivity contribution in [2.24, 2.45) is 17.3 Å². The number of carbonyl (C=O) groups excluding carboxylic acids is 5. The Morgan fingerprint density at radius 2 is 1.67 bits per heavy atom. The van der Waals surface area contributed by atoms with Gasteiger partial charge in [0.25, 0.3) is 12.0 Å². The molecule has 2 aromatic heterocycles. The summed E-state index contributed by atoms with van der Waals surface area (Å²) in [5, 5.41) is 7.78. The van der Waals surface area contributed by atoms with Crippen LogP contribution in [0, 0.1) is 17.3 Å². The molecule has 4 aliphatic carbocycles. The van der Waals surface area contributed by atoms with Crippen molar-refractivity contribution < 1.29 is 52.8 Å². The van der Waals surface area contributed by atoms with E-state index < -0.39 is 34.6 Å². The second-order valence-electron chi connectivity index (χ2n) is 22.9. The van der Waals surface area contributed by atoms with Crippen LogP contribution in [0.2, 0.25) is 0 Å². The number of Topliss-reactive ketones (excluding diaryl/α,β-unsaturated/α-hetero) is 1. The molecule has 17 nitrogen and oxygen atoms in total. The van der Waals surface area contributed by atoms with Gasteiger partial charge in [-0.15, -0.1) is 0 Å². The van der Waals surface area contributed by atoms with E-state index in [1.807, 2.05) is 30.3 Å². The maximum absolute atomic E-state index is 14.1. The fourth-order valence-corrected chi connectivity index (χ4v) is 14.8. The highest BCUT2D eigenvalue weighted by Crippen LogP contribution is 2.68. The van der Waals surface area contributed by atoms with Crippen molar-refractivity contribution in [2.45, 2.75) is 135 Å². The molecule has 5 heterocycles. The minimum Gasteiger partial charge on any atom is -0.497 e. The molecule has 0 radical (unpaired) electrons. The van der Waals surface area contributed by atoms with Crippen molar-refractivity contribution >= 4 is 52.7 Å². The molecule has 4 aromatic rings. The molecule has 3 aliphatic heterocycles. The number of cyclic esters (lactones) is 1. The highest BCUT2D eigenvalue weighted by molar-refractivity contribution is 5.93. The Labute approximate surface area is 460 Å². The van der Waals surface area contributed by atoms with Gasteiger partial charge in [0.2, 0.25) is 5.60 Å². The first-order valence-corrected chi connectivity index (χ1v) is 28.2. The Balaban J connectivity index is 0.00000230. The van der Waals surface area contributed by atoms with Gasteiger partial charge in [-0.1, -0.05) is 44.4 Å².